The number of nitrogens with one attached hydrogen (secondary N) is 2. The van der Waals surface area contributed by atoms with E-state index in [1.165, 1.54) is 24.3 Å². The number of sulfonamides is 1. The molecule has 0 saturated heterocycles. The highest BCUT2D eigenvalue weighted by atomic mass is 35.5. The Morgan fingerprint density at radius 2 is 1.79 bits per heavy atom. The van der Waals surface area contributed by atoms with Crippen LogP contribution in [0.1, 0.15) is 11.3 Å². The first-order valence-electron chi connectivity index (χ1n) is 8.59. The number of hydrogen-bond donors (Lipinski definition) is 3. The Bertz CT molecular complexity index is 1080. The molecule has 0 aliphatic rings. The van der Waals surface area contributed by atoms with Crippen molar-refractivity contribution in [3.05, 3.63) is 70.2 Å². The summed E-state index contributed by atoms with van der Waals surface area (Å²) in [5, 5.41) is 14.3. The van der Waals surface area contributed by atoms with Crippen molar-refractivity contribution in [2.24, 2.45) is 0 Å². The van der Waals surface area contributed by atoms with Gasteiger partial charge in [0, 0.05) is 16.9 Å². The molecule has 29 heavy (non-hydrogen) atoms. The molecule has 3 rings (SSSR count). The van der Waals surface area contributed by atoms with Gasteiger partial charge in [0.2, 0.25) is 5.91 Å². The van der Waals surface area contributed by atoms with Crippen LogP contribution in [0.25, 0.3) is 0 Å². The lowest BCUT2D eigenvalue weighted by Crippen LogP contribution is -2.27. The first-order chi connectivity index (χ1) is 13.8. The van der Waals surface area contributed by atoms with Gasteiger partial charge in [0.15, 0.2) is 5.13 Å². The summed E-state index contributed by atoms with van der Waals surface area (Å²) in [7, 11) is -3.77. The standard InChI is InChI=1S/C19H18ClN3O4S2/c20-14-3-7-17(8-4-14)29(26,27)23-19-22-15(12-28-19)11-18(25)21-10-9-13-1-5-16(24)6-2-13/h1-8,12,24H,9-11H2,(H,21,25)(H,22,23). The number of aromatic hydroxyl groups is 1. The molecule has 7 nitrogen and oxygen atoms in total. The smallest absolute Gasteiger partial charge is 0.263 e. The number of anilines is 1. The number of benzene rings is 2. The molecule has 0 aliphatic carbocycles. The van der Waals surface area contributed by atoms with Crippen molar-refractivity contribution in [1.29, 1.82) is 0 Å². The van der Waals surface area contributed by atoms with Gasteiger partial charge in [-0.25, -0.2) is 13.4 Å². The molecule has 0 bridgehead atoms. The summed E-state index contributed by atoms with van der Waals surface area (Å²) in [5.41, 5.74) is 1.47. The van der Waals surface area contributed by atoms with E-state index in [0.717, 1.165) is 16.9 Å². The van der Waals surface area contributed by atoms with Gasteiger partial charge in [-0.15, -0.1) is 11.3 Å². The number of thiazole rings is 1. The summed E-state index contributed by atoms with van der Waals surface area (Å²) >= 11 is 6.88. The van der Waals surface area contributed by atoms with Crippen LogP contribution in [0.5, 0.6) is 5.75 Å². The van der Waals surface area contributed by atoms with Gasteiger partial charge in [-0.1, -0.05) is 23.7 Å². The van der Waals surface area contributed by atoms with Crippen molar-refractivity contribution >= 4 is 44.0 Å². The molecule has 0 radical (unpaired) electrons. The van der Waals surface area contributed by atoms with Crippen LogP contribution in [-0.2, 0) is 27.7 Å². The molecule has 1 heterocycles. The number of rotatable bonds is 8. The van der Waals surface area contributed by atoms with Gasteiger partial charge in [0.05, 0.1) is 17.0 Å². The SMILES string of the molecule is O=C(Cc1csc(NS(=O)(=O)c2ccc(Cl)cc2)n1)NCCc1ccc(O)cc1. The van der Waals surface area contributed by atoms with Gasteiger partial charge in [0.1, 0.15) is 5.75 Å². The molecule has 2 aromatic carbocycles. The molecule has 0 fully saturated rings. The average molecular weight is 452 g/mol. The maximum absolute atomic E-state index is 12.4. The number of carbonyl (C=O) groups excluding carboxylic acids is 1. The van der Waals surface area contributed by atoms with Crippen LogP contribution in [-0.4, -0.2) is 31.0 Å². The molecule has 10 heteroatoms. The molecule has 0 aliphatic heterocycles. The Hall–Kier alpha value is -2.62. The van der Waals surface area contributed by atoms with Crippen LogP contribution in [0.2, 0.25) is 5.02 Å². The van der Waals surface area contributed by atoms with Gasteiger partial charge < -0.3 is 10.4 Å². The molecule has 0 spiro atoms. The minimum atomic E-state index is -3.77. The van der Waals surface area contributed by atoms with Crippen molar-refractivity contribution in [2.45, 2.75) is 17.7 Å². The van der Waals surface area contributed by atoms with E-state index in [4.69, 9.17) is 11.6 Å². The molecule has 0 saturated carbocycles. The van der Waals surface area contributed by atoms with Crippen LogP contribution in [0.3, 0.4) is 0 Å². The fraction of sp³-hybridized carbons (Fsp3) is 0.158. The lowest BCUT2D eigenvalue weighted by atomic mass is 10.1. The Morgan fingerprint density at radius 1 is 1.10 bits per heavy atom. The zero-order chi connectivity index (χ0) is 20.9. The Kier molecular flexibility index (Phi) is 6.73. The molecule has 0 unspecified atom stereocenters. The van der Waals surface area contributed by atoms with Gasteiger partial charge in [-0.3, -0.25) is 9.52 Å². The first-order valence-corrected chi connectivity index (χ1v) is 11.3. The minimum absolute atomic E-state index is 0.0503. The van der Waals surface area contributed by atoms with Crippen molar-refractivity contribution < 1.29 is 18.3 Å². The number of aromatic nitrogens is 1. The number of phenolic OH excluding ortho intramolecular Hbond substituents is 1. The third-order valence-corrected chi connectivity index (χ3v) is 6.45. The fourth-order valence-corrected chi connectivity index (χ4v) is 4.55. The summed E-state index contributed by atoms with van der Waals surface area (Å²) in [6.07, 6.45) is 0.685. The van der Waals surface area contributed by atoms with E-state index in [9.17, 15) is 18.3 Å². The maximum Gasteiger partial charge on any atom is 0.263 e. The summed E-state index contributed by atoms with van der Waals surface area (Å²) in [4.78, 5) is 16.3. The highest BCUT2D eigenvalue weighted by Gasteiger charge is 2.16. The molecule has 152 valence electrons. The van der Waals surface area contributed by atoms with E-state index in [1.54, 1.807) is 29.6 Å². The predicted octanol–water partition coefficient (Wildman–Crippen LogP) is 3.20. The van der Waals surface area contributed by atoms with Crippen LogP contribution >= 0.6 is 22.9 Å². The highest BCUT2D eigenvalue weighted by molar-refractivity contribution is 7.93. The van der Waals surface area contributed by atoms with E-state index in [2.05, 4.69) is 15.0 Å². The highest BCUT2D eigenvalue weighted by Crippen LogP contribution is 2.21. The van der Waals surface area contributed by atoms with E-state index >= 15 is 0 Å². The van der Waals surface area contributed by atoms with Crippen LogP contribution in [0.15, 0.2) is 58.8 Å². The summed E-state index contributed by atoms with van der Waals surface area (Å²) in [6, 6.07) is 12.6. The second kappa shape index (κ2) is 9.25. The number of nitrogens with zero attached hydrogens (tertiary/aromatic N) is 1. The van der Waals surface area contributed by atoms with Crippen molar-refractivity contribution in [1.82, 2.24) is 10.3 Å². The molecule has 3 aromatic rings. The summed E-state index contributed by atoms with van der Waals surface area (Å²) < 4.78 is 27.1. The minimum Gasteiger partial charge on any atom is -0.508 e. The molecule has 1 aromatic heterocycles. The van der Waals surface area contributed by atoms with Crippen molar-refractivity contribution in [3.63, 3.8) is 0 Å². The zero-order valence-electron chi connectivity index (χ0n) is 15.1. The lowest BCUT2D eigenvalue weighted by Gasteiger charge is -2.05. The second-order valence-electron chi connectivity index (χ2n) is 6.15. The lowest BCUT2D eigenvalue weighted by molar-refractivity contribution is -0.120. The van der Waals surface area contributed by atoms with Crippen molar-refractivity contribution in [2.75, 3.05) is 11.3 Å². The van der Waals surface area contributed by atoms with Gasteiger partial charge >= 0.3 is 0 Å². The number of amides is 1. The third-order valence-electron chi connectivity index (χ3n) is 3.91. The number of phenols is 1. The molecular weight excluding hydrogens is 434 g/mol. The number of halogens is 1. The average Bonchev–Trinajstić information content (AvgIpc) is 3.09. The Morgan fingerprint density at radius 3 is 2.48 bits per heavy atom. The number of hydrogen-bond acceptors (Lipinski definition) is 6. The fourth-order valence-electron chi connectivity index (χ4n) is 2.46. The number of carbonyl (C=O) groups is 1. The van der Waals surface area contributed by atoms with Gasteiger partial charge in [-0.05, 0) is 48.4 Å². The molecular formula is C19H18ClN3O4S2. The monoisotopic (exact) mass is 451 g/mol. The van der Waals surface area contributed by atoms with Gasteiger partial charge in [0.25, 0.3) is 10.0 Å². The largest absolute Gasteiger partial charge is 0.508 e. The first kappa shape index (κ1) is 21.1. The van der Waals surface area contributed by atoms with Crippen LogP contribution in [0, 0.1) is 0 Å². The molecule has 0 atom stereocenters. The van der Waals surface area contributed by atoms with Gasteiger partial charge in [-0.2, -0.15) is 0 Å². The van der Waals surface area contributed by atoms with E-state index < -0.39 is 10.0 Å². The van der Waals surface area contributed by atoms with Crippen LogP contribution < -0.4 is 10.0 Å². The maximum atomic E-state index is 12.4. The zero-order valence-corrected chi connectivity index (χ0v) is 17.5. The quantitative estimate of drug-likeness (QED) is 0.487. The summed E-state index contributed by atoms with van der Waals surface area (Å²) in [5.74, 6) is -0.00926. The van der Waals surface area contributed by atoms with E-state index in [0.29, 0.717) is 23.7 Å². The topological polar surface area (TPSA) is 108 Å². The summed E-state index contributed by atoms with van der Waals surface area (Å²) in [6.45, 7) is 0.448. The normalized spacial score (nSPS) is 11.2. The molecule has 3 N–H and O–H groups in total. The van der Waals surface area contributed by atoms with Crippen molar-refractivity contribution in [3.8, 4) is 5.75 Å². The second-order valence-corrected chi connectivity index (χ2v) is 9.12. The Balaban J connectivity index is 1.51. The van der Waals surface area contributed by atoms with E-state index in [-0.39, 0.29) is 28.1 Å². The van der Waals surface area contributed by atoms with Crippen LogP contribution in [0.4, 0.5) is 5.13 Å². The van der Waals surface area contributed by atoms with E-state index in [1.807, 2.05) is 0 Å². The predicted molar refractivity (Wildman–Crippen MR) is 113 cm³/mol. The Labute approximate surface area is 177 Å². The third kappa shape index (κ3) is 6.18. The molecule has 1 amide bonds.